The molecular formula is C126H83N7. The predicted molar refractivity (Wildman–Crippen MR) is 561 cm³/mol. The Morgan fingerprint density at radius 3 is 0.594 bits per heavy atom. The maximum absolute atomic E-state index is 2.45. The van der Waals surface area contributed by atoms with Crippen molar-refractivity contribution in [3.05, 3.63) is 504 Å². The molecule has 0 aliphatic rings. The highest BCUT2D eigenvalue weighted by molar-refractivity contribution is 6.23. The first-order chi connectivity index (χ1) is 66.0. The lowest BCUT2D eigenvalue weighted by Gasteiger charge is -2.14. The van der Waals surface area contributed by atoms with E-state index in [9.17, 15) is 0 Å². The third-order valence-corrected chi connectivity index (χ3v) is 27.2. The Hall–Kier alpha value is -17.8. The number of nitrogens with zero attached hydrogens (tertiary/aromatic N) is 7. The summed E-state index contributed by atoms with van der Waals surface area (Å²) in [4.78, 5) is 0. The molecule has 0 N–H and O–H groups in total. The second kappa shape index (κ2) is 31.6. The molecule has 7 nitrogen and oxygen atoms in total. The smallest absolute Gasteiger partial charge is 0.0562 e. The van der Waals surface area contributed by atoms with Gasteiger partial charge in [-0.3, -0.25) is 0 Å². The number of rotatable bonds is 11. The van der Waals surface area contributed by atoms with Crippen LogP contribution in [0.4, 0.5) is 0 Å². The first-order valence-corrected chi connectivity index (χ1v) is 45.7. The van der Waals surface area contributed by atoms with Gasteiger partial charge in [0.05, 0.1) is 77.2 Å². The normalized spacial score (nSPS) is 11.8. The molecule has 0 atom stereocenters. The highest BCUT2D eigenvalue weighted by Gasteiger charge is 2.25. The molecule has 0 unspecified atom stereocenters. The summed E-state index contributed by atoms with van der Waals surface area (Å²) in [5.74, 6) is 0. The largest absolute Gasteiger partial charge is 0.309 e. The third-order valence-electron chi connectivity index (χ3n) is 27.2. The SMILES string of the molecule is c1ccc(-c2cc(-c3ccccc3)cc(-n3c4ccccc4c4cc5c6ccccc6n(-c6ccccc6)c5cc43)c2)cc1.c1ccc(-c2ccc3c4cc5c6ccccc6n(-c6ccccc6)c5cc4n(-c4ccccc4)c3c2)cc1.c1ccc(-n2c3ccccc3c3cc(-c4ccc(-n5c6ccccc6c6cc7c8ccccc8n(-c8ccccc8)c7cc65)cc4)ccc32)cc1. The Morgan fingerprint density at radius 1 is 0.0827 bits per heavy atom. The number of aromatic nitrogens is 7. The van der Waals surface area contributed by atoms with E-state index in [0.717, 1.165) is 17.1 Å². The Labute approximate surface area is 767 Å². The van der Waals surface area contributed by atoms with Gasteiger partial charge in [-0.1, -0.05) is 322 Å². The standard InChI is InChI=1S/C48H31N3.C42H28N2.C36H24N2/c1-3-13-34(14-4-1)49-43-20-10-7-17-37(43)40-29-33(25-28-46(40)49)32-23-26-36(27-24-32)51-45-22-12-9-19-39(45)42-30-41-38-18-8-11-21-44(38)50(47(41)31-48(42)51)35-15-5-2-6-16-35;1-4-14-29(15-5-1)31-24-32(30-16-6-2-7-17-30)26-34(25-31)44-40-23-13-11-21-36(40)38-27-37-35-20-10-12-22-39(35)43(41(37)28-42(38)44)33-18-8-3-9-19-33;1-4-12-25(13-5-1)26-20-21-30-32-23-31-29-18-10-11-19-33(29)37(27-14-6-2-7-15-27)35(31)24-36(32)38(34(30)22-26)28-16-8-3-9-17-28/h1-31H;1-28H;1-24H. The van der Waals surface area contributed by atoms with Crippen LogP contribution in [0.5, 0.6) is 0 Å². The number of fused-ring (bicyclic) bond motifs is 21. The van der Waals surface area contributed by atoms with Gasteiger partial charge in [0.1, 0.15) is 0 Å². The number of para-hydroxylation sites is 11. The van der Waals surface area contributed by atoms with Crippen molar-refractivity contribution in [2.45, 2.75) is 0 Å². The molecule has 133 heavy (non-hydrogen) atoms. The molecule has 28 rings (SSSR count). The molecule has 21 aromatic carbocycles. The first kappa shape index (κ1) is 76.5. The van der Waals surface area contributed by atoms with Crippen LogP contribution in [0.3, 0.4) is 0 Å². The molecule has 0 aliphatic heterocycles. The van der Waals surface area contributed by atoms with Crippen molar-refractivity contribution in [1.29, 1.82) is 0 Å². The minimum absolute atomic E-state index is 1.15. The van der Waals surface area contributed by atoms with Crippen LogP contribution in [0.15, 0.2) is 504 Å². The van der Waals surface area contributed by atoms with Crippen molar-refractivity contribution in [2.75, 3.05) is 0 Å². The first-order valence-electron chi connectivity index (χ1n) is 45.7. The van der Waals surface area contributed by atoms with E-state index >= 15 is 0 Å². The summed E-state index contributed by atoms with van der Waals surface area (Å²) in [6.07, 6.45) is 0. The summed E-state index contributed by atoms with van der Waals surface area (Å²) in [7, 11) is 0. The molecule has 7 heteroatoms. The molecule has 28 aromatic rings. The quantitative estimate of drug-likeness (QED) is 0.124. The Balaban J connectivity index is 0.000000105. The van der Waals surface area contributed by atoms with E-state index in [1.807, 2.05) is 0 Å². The van der Waals surface area contributed by atoms with Crippen molar-refractivity contribution in [3.63, 3.8) is 0 Å². The molecule has 0 amide bonds. The fourth-order valence-corrected chi connectivity index (χ4v) is 21.3. The summed E-state index contributed by atoms with van der Waals surface area (Å²) in [6.45, 7) is 0. The fourth-order valence-electron chi connectivity index (χ4n) is 21.3. The average molecular weight is 1700 g/mol. The van der Waals surface area contributed by atoms with Gasteiger partial charge in [0.25, 0.3) is 0 Å². The van der Waals surface area contributed by atoms with E-state index in [1.165, 1.54) is 220 Å². The predicted octanol–water partition coefficient (Wildman–Crippen LogP) is 33.4. The molecule has 0 saturated heterocycles. The van der Waals surface area contributed by atoms with Gasteiger partial charge in [-0.25, -0.2) is 0 Å². The molecule has 0 aliphatic carbocycles. The second-order valence-electron chi connectivity index (χ2n) is 34.7. The van der Waals surface area contributed by atoms with E-state index in [4.69, 9.17) is 0 Å². The van der Waals surface area contributed by atoms with Crippen molar-refractivity contribution in [1.82, 2.24) is 32.0 Å². The molecule has 0 bridgehead atoms. The highest BCUT2D eigenvalue weighted by Crippen LogP contribution is 2.47. The van der Waals surface area contributed by atoms with E-state index in [1.54, 1.807) is 0 Å². The Kier molecular flexibility index (Phi) is 18.2. The molecule has 0 radical (unpaired) electrons. The fraction of sp³-hybridized carbons (Fsp3) is 0. The van der Waals surface area contributed by atoms with E-state index in [0.29, 0.717) is 0 Å². The number of hydrogen-bond donors (Lipinski definition) is 0. The summed E-state index contributed by atoms with van der Waals surface area (Å²) in [5, 5.41) is 17.7. The van der Waals surface area contributed by atoms with Gasteiger partial charge < -0.3 is 32.0 Å². The van der Waals surface area contributed by atoms with Crippen LogP contribution in [0.2, 0.25) is 0 Å². The molecule has 0 fully saturated rings. The monoisotopic (exact) mass is 1690 g/mol. The van der Waals surface area contributed by atoms with Gasteiger partial charge in [0.15, 0.2) is 0 Å². The zero-order chi connectivity index (χ0) is 87.6. The van der Waals surface area contributed by atoms with Crippen LogP contribution >= 0.6 is 0 Å². The van der Waals surface area contributed by atoms with Gasteiger partial charge in [0, 0.05) is 115 Å². The molecular weight excluding hydrogens is 1610 g/mol. The lowest BCUT2D eigenvalue weighted by molar-refractivity contribution is 1.16. The van der Waals surface area contributed by atoms with Gasteiger partial charge in [-0.05, 0) is 226 Å². The van der Waals surface area contributed by atoms with Crippen LogP contribution in [-0.4, -0.2) is 32.0 Å². The van der Waals surface area contributed by atoms with Crippen molar-refractivity contribution in [3.8, 4) is 84.3 Å². The zero-order valence-electron chi connectivity index (χ0n) is 72.6. The molecule has 7 aromatic heterocycles. The van der Waals surface area contributed by atoms with E-state index in [2.05, 4.69) is 535 Å². The van der Waals surface area contributed by atoms with Gasteiger partial charge in [-0.2, -0.15) is 0 Å². The molecule has 622 valence electrons. The van der Waals surface area contributed by atoms with E-state index in [-0.39, 0.29) is 0 Å². The van der Waals surface area contributed by atoms with Gasteiger partial charge in [0.2, 0.25) is 0 Å². The van der Waals surface area contributed by atoms with Crippen molar-refractivity contribution in [2.24, 2.45) is 0 Å². The van der Waals surface area contributed by atoms with E-state index < -0.39 is 0 Å². The Morgan fingerprint density at radius 2 is 0.278 bits per heavy atom. The number of benzene rings is 21. The van der Waals surface area contributed by atoms with Crippen molar-refractivity contribution < 1.29 is 0 Å². The molecule has 0 spiro atoms. The molecule has 0 saturated carbocycles. The van der Waals surface area contributed by atoms with Crippen molar-refractivity contribution >= 4 is 153 Å². The van der Waals surface area contributed by atoms with Gasteiger partial charge in [-0.15, -0.1) is 0 Å². The topological polar surface area (TPSA) is 34.5 Å². The van der Waals surface area contributed by atoms with Crippen LogP contribution in [0.1, 0.15) is 0 Å². The lowest BCUT2D eigenvalue weighted by Crippen LogP contribution is -1.97. The second-order valence-corrected chi connectivity index (χ2v) is 34.7. The third kappa shape index (κ3) is 12.7. The number of hydrogen-bond acceptors (Lipinski definition) is 0. The average Bonchev–Trinajstić information content (AvgIpc) is 1.56. The lowest BCUT2D eigenvalue weighted by atomic mass is 9.98. The highest BCUT2D eigenvalue weighted by atomic mass is 15.0. The van der Waals surface area contributed by atoms with Crippen LogP contribution in [-0.2, 0) is 0 Å². The Bertz CT molecular complexity index is 9330. The maximum atomic E-state index is 2.45. The maximum Gasteiger partial charge on any atom is 0.0562 e. The van der Waals surface area contributed by atoms with Crippen LogP contribution < -0.4 is 0 Å². The van der Waals surface area contributed by atoms with Gasteiger partial charge >= 0.3 is 0 Å². The van der Waals surface area contributed by atoms with Crippen LogP contribution in [0.25, 0.3) is 237 Å². The summed E-state index contributed by atoms with van der Waals surface area (Å²) in [5.41, 5.74) is 34.8. The minimum Gasteiger partial charge on any atom is -0.309 e. The summed E-state index contributed by atoms with van der Waals surface area (Å²) in [6, 6.07) is 182. The summed E-state index contributed by atoms with van der Waals surface area (Å²) < 4.78 is 16.9. The summed E-state index contributed by atoms with van der Waals surface area (Å²) >= 11 is 0. The van der Waals surface area contributed by atoms with Crippen LogP contribution in [0, 0.1) is 0 Å². The zero-order valence-corrected chi connectivity index (χ0v) is 72.6. The molecule has 7 heterocycles. The minimum atomic E-state index is 1.15.